The van der Waals surface area contributed by atoms with E-state index in [1.54, 1.807) is 0 Å². The molecule has 3 fully saturated rings. The molecule has 1 aromatic rings. The summed E-state index contributed by atoms with van der Waals surface area (Å²) in [4.78, 5) is 28.2. The predicted molar refractivity (Wildman–Crippen MR) is 112 cm³/mol. The fourth-order valence-electron chi connectivity index (χ4n) is 5.42. The van der Waals surface area contributed by atoms with E-state index in [0.717, 1.165) is 38.9 Å². The van der Waals surface area contributed by atoms with Crippen molar-refractivity contribution in [3.05, 3.63) is 34.9 Å². The van der Waals surface area contributed by atoms with Gasteiger partial charge in [-0.05, 0) is 74.7 Å². The first-order valence-electron chi connectivity index (χ1n) is 11.0. The van der Waals surface area contributed by atoms with Crippen molar-refractivity contribution in [3.63, 3.8) is 0 Å². The second-order valence-corrected chi connectivity index (χ2v) is 9.06. The van der Waals surface area contributed by atoms with Crippen LogP contribution in [-0.4, -0.2) is 60.6 Å². The lowest BCUT2D eigenvalue weighted by Crippen LogP contribution is -2.52. The normalized spacial score (nSPS) is 24.1. The zero-order valence-electron chi connectivity index (χ0n) is 17.7. The van der Waals surface area contributed by atoms with Crippen molar-refractivity contribution < 1.29 is 14.3 Å². The molecule has 3 aliphatic rings. The van der Waals surface area contributed by atoms with Gasteiger partial charge in [-0.25, -0.2) is 4.79 Å². The number of hydrogen-bond donors (Lipinski definition) is 1. The van der Waals surface area contributed by atoms with Crippen LogP contribution >= 0.6 is 0 Å². The van der Waals surface area contributed by atoms with Crippen LogP contribution in [0.25, 0.3) is 0 Å². The SMILES string of the molecule is Cc1cccc(C)c1CN1CCC2(CCCC2NC(=O)CN2CCOC2=O)CC1. The van der Waals surface area contributed by atoms with Gasteiger partial charge < -0.3 is 10.1 Å². The average molecular weight is 400 g/mol. The van der Waals surface area contributed by atoms with Crippen molar-refractivity contribution in [3.8, 4) is 0 Å². The standard InChI is InChI=1S/C23H33N3O3/c1-17-5-3-6-18(2)19(17)15-25-11-9-23(10-12-25)8-4-7-20(23)24-21(27)16-26-13-14-29-22(26)28/h3,5-6,20H,4,7-16H2,1-2H3,(H,24,27). The summed E-state index contributed by atoms with van der Waals surface area (Å²) in [7, 11) is 0. The Labute approximate surface area is 173 Å². The van der Waals surface area contributed by atoms with Crippen LogP contribution in [0, 0.1) is 19.3 Å². The molecule has 2 amide bonds. The fraction of sp³-hybridized carbons (Fsp3) is 0.652. The Bertz CT molecular complexity index is 750. The van der Waals surface area contributed by atoms with Gasteiger partial charge in [-0.3, -0.25) is 14.6 Å². The maximum atomic E-state index is 12.5. The molecule has 2 aliphatic heterocycles. The zero-order valence-corrected chi connectivity index (χ0v) is 17.7. The number of piperidine rings is 1. The minimum atomic E-state index is -0.374. The number of aryl methyl sites for hydroxylation is 2. The molecule has 0 bridgehead atoms. The summed E-state index contributed by atoms with van der Waals surface area (Å²) in [5.74, 6) is -0.0481. The van der Waals surface area contributed by atoms with E-state index >= 15 is 0 Å². The number of ether oxygens (including phenoxy) is 1. The largest absolute Gasteiger partial charge is 0.448 e. The molecule has 0 radical (unpaired) electrons. The van der Waals surface area contributed by atoms with Crippen molar-refractivity contribution in [2.45, 2.75) is 58.5 Å². The highest BCUT2D eigenvalue weighted by Crippen LogP contribution is 2.46. The van der Waals surface area contributed by atoms with E-state index in [4.69, 9.17) is 4.74 Å². The number of nitrogens with zero attached hydrogens (tertiary/aromatic N) is 2. The lowest BCUT2D eigenvalue weighted by Gasteiger charge is -2.43. The fourth-order valence-corrected chi connectivity index (χ4v) is 5.42. The van der Waals surface area contributed by atoms with Gasteiger partial charge in [0, 0.05) is 12.6 Å². The number of rotatable bonds is 5. The van der Waals surface area contributed by atoms with Gasteiger partial charge >= 0.3 is 6.09 Å². The Hall–Kier alpha value is -2.08. The van der Waals surface area contributed by atoms with E-state index in [1.165, 1.54) is 34.4 Å². The van der Waals surface area contributed by atoms with Gasteiger partial charge in [-0.1, -0.05) is 24.6 Å². The van der Waals surface area contributed by atoms with Crippen molar-refractivity contribution in [2.24, 2.45) is 5.41 Å². The number of hydrogen-bond acceptors (Lipinski definition) is 4. The summed E-state index contributed by atoms with van der Waals surface area (Å²) >= 11 is 0. The van der Waals surface area contributed by atoms with E-state index < -0.39 is 0 Å². The minimum Gasteiger partial charge on any atom is -0.448 e. The van der Waals surface area contributed by atoms with Gasteiger partial charge in [-0.15, -0.1) is 0 Å². The number of carbonyl (C=O) groups is 2. The molecular weight excluding hydrogens is 366 g/mol. The van der Waals surface area contributed by atoms with Crippen LogP contribution in [0.1, 0.15) is 48.8 Å². The van der Waals surface area contributed by atoms with E-state index in [9.17, 15) is 9.59 Å². The quantitative estimate of drug-likeness (QED) is 0.827. The lowest BCUT2D eigenvalue weighted by molar-refractivity contribution is -0.123. The third kappa shape index (κ3) is 4.27. The first-order valence-corrected chi connectivity index (χ1v) is 11.0. The van der Waals surface area contributed by atoms with Gasteiger partial charge in [0.05, 0.1) is 6.54 Å². The number of nitrogens with one attached hydrogen (secondary N) is 1. The zero-order chi connectivity index (χ0) is 20.4. The number of carbonyl (C=O) groups excluding carboxylic acids is 2. The number of cyclic esters (lactones) is 1. The van der Waals surface area contributed by atoms with E-state index in [2.05, 4.69) is 42.3 Å². The third-order valence-electron chi connectivity index (χ3n) is 7.30. The van der Waals surface area contributed by atoms with Crippen LogP contribution in [0.2, 0.25) is 0 Å². The summed E-state index contributed by atoms with van der Waals surface area (Å²) in [6.45, 7) is 8.59. The number of likely N-dealkylation sites (tertiary alicyclic amines) is 1. The number of benzene rings is 1. The Morgan fingerprint density at radius 3 is 2.55 bits per heavy atom. The van der Waals surface area contributed by atoms with Crippen LogP contribution in [0.5, 0.6) is 0 Å². The van der Waals surface area contributed by atoms with E-state index in [0.29, 0.717) is 13.2 Å². The molecule has 1 spiro atoms. The molecule has 1 aliphatic carbocycles. The van der Waals surface area contributed by atoms with Crippen LogP contribution in [-0.2, 0) is 16.1 Å². The van der Waals surface area contributed by atoms with Gasteiger partial charge in [0.2, 0.25) is 5.91 Å². The second-order valence-electron chi connectivity index (χ2n) is 9.06. The van der Waals surface area contributed by atoms with Gasteiger partial charge in [0.1, 0.15) is 13.2 Å². The van der Waals surface area contributed by atoms with E-state index in [-0.39, 0.29) is 30.0 Å². The molecule has 1 atom stereocenters. The van der Waals surface area contributed by atoms with Crippen LogP contribution in [0.3, 0.4) is 0 Å². The first kappa shape index (κ1) is 20.2. The molecule has 1 aromatic carbocycles. The van der Waals surface area contributed by atoms with Crippen molar-refractivity contribution in [1.82, 2.24) is 15.1 Å². The maximum absolute atomic E-state index is 12.5. The highest BCUT2D eigenvalue weighted by molar-refractivity contribution is 5.83. The Kier molecular flexibility index (Phi) is 5.81. The van der Waals surface area contributed by atoms with Crippen LogP contribution in [0.15, 0.2) is 18.2 Å². The van der Waals surface area contributed by atoms with Crippen molar-refractivity contribution >= 4 is 12.0 Å². The van der Waals surface area contributed by atoms with Crippen molar-refractivity contribution in [2.75, 3.05) is 32.8 Å². The molecule has 1 unspecified atom stereocenters. The Balaban J connectivity index is 1.33. The molecule has 6 heteroatoms. The highest BCUT2D eigenvalue weighted by Gasteiger charge is 2.45. The number of amides is 2. The molecule has 2 heterocycles. The monoisotopic (exact) mass is 399 g/mol. The molecule has 29 heavy (non-hydrogen) atoms. The Morgan fingerprint density at radius 1 is 1.17 bits per heavy atom. The molecule has 6 nitrogen and oxygen atoms in total. The molecule has 158 valence electrons. The molecule has 2 saturated heterocycles. The van der Waals surface area contributed by atoms with Crippen LogP contribution < -0.4 is 5.32 Å². The topological polar surface area (TPSA) is 61.9 Å². The van der Waals surface area contributed by atoms with E-state index in [1.807, 2.05) is 0 Å². The van der Waals surface area contributed by atoms with Crippen LogP contribution in [0.4, 0.5) is 4.79 Å². The first-order chi connectivity index (χ1) is 14.0. The van der Waals surface area contributed by atoms with Crippen molar-refractivity contribution in [1.29, 1.82) is 0 Å². The summed E-state index contributed by atoms with van der Waals surface area (Å²) in [5, 5.41) is 3.26. The molecule has 1 saturated carbocycles. The molecule has 1 N–H and O–H groups in total. The minimum absolute atomic E-state index is 0.0481. The second kappa shape index (κ2) is 8.34. The molecular formula is C23H33N3O3. The van der Waals surface area contributed by atoms with Gasteiger partial charge in [0.25, 0.3) is 0 Å². The highest BCUT2D eigenvalue weighted by atomic mass is 16.6. The van der Waals surface area contributed by atoms with Gasteiger partial charge in [0.15, 0.2) is 0 Å². The summed E-state index contributed by atoms with van der Waals surface area (Å²) in [6.07, 6.45) is 5.31. The smallest absolute Gasteiger partial charge is 0.410 e. The lowest BCUT2D eigenvalue weighted by atomic mass is 9.74. The Morgan fingerprint density at radius 2 is 1.90 bits per heavy atom. The average Bonchev–Trinajstić information content (AvgIpc) is 3.27. The third-order valence-corrected chi connectivity index (χ3v) is 7.30. The summed E-state index contributed by atoms with van der Waals surface area (Å²) in [6, 6.07) is 6.77. The molecule has 4 rings (SSSR count). The van der Waals surface area contributed by atoms with Gasteiger partial charge in [-0.2, -0.15) is 0 Å². The summed E-state index contributed by atoms with van der Waals surface area (Å²) < 4.78 is 4.92. The maximum Gasteiger partial charge on any atom is 0.410 e. The predicted octanol–water partition coefficient (Wildman–Crippen LogP) is 3.01. The molecule has 0 aromatic heterocycles. The summed E-state index contributed by atoms with van der Waals surface area (Å²) in [5.41, 5.74) is 4.42.